The number of methoxy groups -OCH3 is 1. The van der Waals surface area contributed by atoms with E-state index < -0.39 is 11.6 Å². The van der Waals surface area contributed by atoms with Crippen LogP contribution in [0, 0.1) is 18.6 Å². The van der Waals surface area contributed by atoms with Crippen LogP contribution in [0.2, 0.25) is 0 Å². The minimum Gasteiger partial charge on any atom is -0.496 e. The van der Waals surface area contributed by atoms with Gasteiger partial charge < -0.3 is 10.1 Å². The highest BCUT2D eigenvalue weighted by Crippen LogP contribution is 2.26. The first-order valence-corrected chi connectivity index (χ1v) is 6.83. The molecule has 0 fully saturated rings. The van der Waals surface area contributed by atoms with Gasteiger partial charge in [0.2, 0.25) is 0 Å². The summed E-state index contributed by atoms with van der Waals surface area (Å²) in [5, 5.41) is 3.29. The van der Waals surface area contributed by atoms with Crippen LogP contribution >= 0.6 is 0 Å². The van der Waals surface area contributed by atoms with Gasteiger partial charge in [-0.2, -0.15) is 0 Å². The lowest BCUT2D eigenvalue weighted by atomic mass is 10.0. The van der Waals surface area contributed by atoms with Crippen LogP contribution < -0.4 is 10.1 Å². The van der Waals surface area contributed by atoms with Crippen molar-refractivity contribution in [1.82, 2.24) is 5.32 Å². The molecule has 2 aromatic rings. The van der Waals surface area contributed by atoms with E-state index in [2.05, 4.69) is 11.4 Å². The molecule has 2 rings (SSSR count). The minimum atomic E-state index is -0.827. The monoisotopic (exact) mass is 291 g/mol. The Kier molecular flexibility index (Phi) is 4.91. The van der Waals surface area contributed by atoms with Crippen LogP contribution in [-0.4, -0.2) is 7.11 Å². The molecule has 1 unspecified atom stereocenters. The predicted octanol–water partition coefficient (Wildman–Crippen LogP) is 4.13. The van der Waals surface area contributed by atoms with Gasteiger partial charge in [0.1, 0.15) is 5.75 Å². The van der Waals surface area contributed by atoms with Crippen molar-refractivity contribution in [3.05, 3.63) is 64.7 Å². The molecule has 1 N–H and O–H groups in total. The topological polar surface area (TPSA) is 21.3 Å². The molecule has 0 aliphatic carbocycles. The standard InChI is InChI=1S/C17H19F2NO/c1-11-4-7-17(21-3)14(8-11)12(2)20-10-13-5-6-15(18)16(19)9-13/h4-9,12,20H,10H2,1-3H3. The van der Waals surface area contributed by atoms with Gasteiger partial charge in [-0.1, -0.05) is 23.8 Å². The van der Waals surface area contributed by atoms with Crippen LogP contribution in [0.25, 0.3) is 0 Å². The minimum absolute atomic E-state index is 0.0352. The van der Waals surface area contributed by atoms with E-state index >= 15 is 0 Å². The Morgan fingerprint density at radius 1 is 1.10 bits per heavy atom. The van der Waals surface area contributed by atoms with Crippen molar-refractivity contribution in [1.29, 1.82) is 0 Å². The van der Waals surface area contributed by atoms with Gasteiger partial charge in [-0.15, -0.1) is 0 Å². The van der Waals surface area contributed by atoms with Gasteiger partial charge >= 0.3 is 0 Å². The molecular formula is C17H19F2NO. The summed E-state index contributed by atoms with van der Waals surface area (Å²) in [7, 11) is 1.64. The lowest BCUT2D eigenvalue weighted by molar-refractivity contribution is 0.401. The SMILES string of the molecule is COc1ccc(C)cc1C(C)NCc1ccc(F)c(F)c1. The molecular weight excluding hydrogens is 272 g/mol. The van der Waals surface area contributed by atoms with E-state index in [1.807, 2.05) is 26.0 Å². The highest BCUT2D eigenvalue weighted by molar-refractivity contribution is 5.39. The molecule has 112 valence electrons. The van der Waals surface area contributed by atoms with Gasteiger partial charge in [0.05, 0.1) is 7.11 Å². The Balaban J connectivity index is 2.09. The van der Waals surface area contributed by atoms with E-state index in [-0.39, 0.29) is 6.04 Å². The molecule has 0 saturated heterocycles. The van der Waals surface area contributed by atoms with Gasteiger partial charge in [-0.25, -0.2) is 8.78 Å². The molecule has 2 aromatic carbocycles. The third-order valence-electron chi connectivity index (χ3n) is 3.45. The maximum atomic E-state index is 13.2. The molecule has 0 heterocycles. The van der Waals surface area contributed by atoms with Crippen molar-refractivity contribution in [2.24, 2.45) is 0 Å². The normalized spacial score (nSPS) is 12.2. The van der Waals surface area contributed by atoms with E-state index in [4.69, 9.17) is 4.74 Å². The maximum Gasteiger partial charge on any atom is 0.159 e. The third kappa shape index (κ3) is 3.79. The van der Waals surface area contributed by atoms with Crippen LogP contribution in [0.1, 0.15) is 29.7 Å². The Morgan fingerprint density at radius 2 is 1.86 bits per heavy atom. The van der Waals surface area contributed by atoms with Gasteiger partial charge in [-0.3, -0.25) is 0 Å². The first-order valence-electron chi connectivity index (χ1n) is 6.83. The zero-order chi connectivity index (χ0) is 15.4. The van der Waals surface area contributed by atoms with Crippen molar-refractivity contribution in [2.75, 3.05) is 7.11 Å². The summed E-state index contributed by atoms with van der Waals surface area (Å²) in [5.74, 6) is -0.840. The smallest absolute Gasteiger partial charge is 0.159 e. The predicted molar refractivity (Wildman–Crippen MR) is 79.3 cm³/mol. The second-order valence-electron chi connectivity index (χ2n) is 5.10. The summed E-state index contributed by atoms with van der Waals surface area (Å²) in [4.78, 5) is 0. The number of rotatable bonds is 5. The van der Waals surface area contributed by atoms with Gasteiger partial charge in [0, 0.05) is 18.2 Å². The van der Waals surface area contributed by atoms with Crippen molar-refractivity contribution in [3.63, 3.8) is 0 Å². The molecule has 0 bridgehead atoms. The maximum absolute atomic E-state index is 13.2. The van der Waals surface area contributed by atoms with Crippen molar-refractivity contribution < 1.29 is 13.5 Å². The molecule has 0 radical (unpaired) electrons. The molecule has 0 aromatic heterocycles. The number of ether oxygens (including phenoxy) is 1. The molecule has 0 spiro atoms. The number of nitrogens with one attached hydrogen (secondary N) is 1. The Bertz CT molecular complexity index is 628. The van der Waals surface area contributed by atoms with Crippen LogP contribution in [-0.2, 0) is 6.54 Å². The zero-order valence-electron chi connectivity index (χ0n) is 12.4. The zero-order valence-corrected chi connectivity index (χ0v) is 12.4. The average Bonchev–Trinajstić information content (AvgIpc) is 2.48. The highest BCUT2D eigenvalue weighted by atomic mass is 19.2. The lowest BCUT2D eigenvalue weighted by Gasteiger charge is -2.18. The van der Waals surface area contributed by atoms with Crippen LogP contribution in [0.3, 0.4) is 0 Å². The second kappa shape index (κ2) is 6.68. The number of halogens is 2. The molecule has 0 aliphatic heterocycles. The lowest BCUT2D eigenvalue weighted by Crippen LogP contribution is -2.19. The van der Waals surface area contributed by atoms with E-state index in [1.165, 1.54) is 6.07 Å². The Labute approximate surface area is 123 Å². The van der Waals surface area contributed by atoms with E-state index in [0.717, 1.165) is 22.9 Å². The number of hydrogen-bond acceptors (Lipinski definition) is 2. The van der Waals surface area contributed by atoms with E-state index in [9.17, 15) is 8.78 Å². The average molecular weight is 291 g/mol. The van der Waals surface area contributed by atoms with E-state index in [0.29, 0.717) is 12.1 Å². The Morgan fingerprint density at radius 3 is 2.52 bits per heavy atom. The summed E-state index contributed by atoms with van der Waals surface area (Å²) in [6.45, 7) is 4.48. The molecule has 2 nitrogen and oxygen atoms in total. The molecule has 0 aliphatic rings. The summed E-state index contributed by atoms with van der Waals surface area (Å²) in [6, 6.07) is 9.94. The van der Waals surface area contributed by atoms with Gasteiger partial charge in [0.15, 0.2) is 11.6 Å². The van der Waals surface area contributed by atoms with Gasteiger partial charge in [0.25, 0.3) is 0 Å². The molecule has 4 heteroatoms. The van der Waals surface area contributed by atoms with Crippen LogP contribution in [0.4, 0.5) is 8.78 Å². The van der Waals surface area contributed by atoms with Crippen molar-refractivity contribution in [3.8, 4) is 5.75 Å². The number of aryl methyl sites for hydroxylation is 1. The summed E-state index contributed by atoms with van der Waals surface area (Å²) in [5.41, 5.74) is 2.89. The highest BCUT2D eigenvalue weighted by Gasteiger charge is 2.11. The van der Waals surface area contributed by atoms with Crippen molar-refractivity contribution in [2.45, 2.75) is 26.4 Å². The fourth-order valence-corrected chi connectivity index (χ4v) is 2.22. The Hall–Kier alpha value is -1.94. The first kappa shape index (κ1) is 15.4. The fraction of sp³-hybridized carbons (Fsp3) is 0.294. The summed E-state index contributed by atoms with van der Waals surface area (Å²) < 4.78 is 31.4. The molecule has 21 heavy (non-hydrogen) atoms. The summed E-state index contributed by atoms with van der Waals surface area (Å²) >= 11 is 0. The molecule has 1 atom stereocenters. The quantitative estimate of drug-likeness (QED) is 0.894. The van der Waals surface area contributed by atoms with Crippen LogP contribution in [0.5, 0.6) is 5.75 Å². The fourth-order valence-electron chi connectivity index (χ4n) is 2.22. The van der Waals surface area contributed by atoms with Gasteiger partial charge in [-0.05, 0) is 37.6 Å². The third-order valence-corrected chi connectivity index (χ3v) is 3.45. The number of benzene rings is 2. The van der Waals surface area contributed by atoms with E-state index in [1.54, 1.807) is 13.2 Å². The van der Waals surface area contributed by atoms with Crippen molar-refractivity contribution >= 4 is 0 Å². The summed E-state index contributed by atoms with van der Waals surface area (Å²) in [6.07, 6.45) is 0. The first-order chi connectivity index (χ1) is 10.0. The van der Waals surface area contributed by atoms with Crippen LogP contribution in [0.15, 0.2) is 36.4 Å². The number of hydrogen-bond donors (Lipinski definition) is 1. The largest absolute Gasteiger partial charge is 0.496 e. The molecule has 0 amide bonds. The second-order valence-corrected chi connectivity index (χ2v) is 5.10. The molecule has 0 saturated carbocycles.